The van der Waals surface area contributed by atoms with Gasteiger partial charge in [-0.25, -0.2) is 0 Å². The van der Waals surface area contributed by atoms with Crippen LogP contribution in [0.2, 0.25) is 0 Å². The molecule has 0 spiro atoms. The Bertz CT molecular complexity index is 931. The zero-order chi connectivity index (χ0) is 25.6. The Labute approximate surface area is 211 Å². The predicted octanol–water partition coefficient (Wildman–Crippen LogP) is 5.28. The van der Waals surface area contributed by atoms with Crippen molar-refractivity contribution in [1.82, 2.24) is 4.90 Å². The zero-order valence-corrected chi connectivity index (χ0v) is 22.2. The summed E-state index contributed by atoms with van der Waals surface area (Å²) in [6, 6.07) is 11.8. The predicted molar refractivity (Wildman–Crippen MR) is 146 cm³/mol. The van der Waals surface area contributed by atoms with Gasteiger partial charge in [0, 0.05) is 44.6 Å². The lowest BCUT2D eigenvalue weighted by molar-refractivity contribution is -0.130. The highest BCUT2D eigenvalue weighted by atomic mass is 16.5. The summed E-state index contributed by atoms with van der Waals surface area (Å²) in [6.45, 7) is 9.74. The Balaban J connectivity index is 1.90. The van der Waals surface area contributed by atoms with Crippen LogP contribution < -0.4 is 10.6 Å². The summed E-state index contributed by atoms with van der Waals surface area (Å²) in [5.74, 6) is 0.792. The summed E-state index contributed by atoms with van der Waals surface area (Å²) in [7, 11) is 1.94. The van der Waals surface area contributed by atoms with Crippen molar-refractivity contribution in [3.05, 3.63) is 42.0 Å². The first-order valence-electron chi connectivity index (χ1n) is 13.2. The van der Waals surface area contributed by atoms with Crippen LogP contribution in [0.25, 0.3) is 10.8 Å². The van der Waals surface area contributed by atoms with Crippen molar-refractivity contribution in [3.63, 3.8) is 0 Å². The molecule has 0 saturated heterocycles. The highest BCUT2D eigenvalue weighted by Crippen LogP contribution is 2.23. The number of anilines is 1. The van der Waals surface area contributed by atoms with E-state index in [2.05, 4.69) is 19.9 Å². The van der Waals surface area contributed by atoms with Gasteiger partial charge in [0.1, 0.15) is 0 Å². The third-order valence-corrected chi connectivity index (χ3v) is 6.64. The molecule has 2 aromatic rings. The highest BCUT2D eigenvalue weighted by molar-refractivity contribution is 5.99. The Morgan fingerprint density at radius 1 is 1.00 bits per heavy atom. The number of rotatable bonds is 17. The van der Waals surface area contributed by atoms with E-state index < -0.39 is 0 Å². The molecule has 0 radical (unpaired) electrons. The molecule has 35 heavy (non-hydrogen) atoms. The Morgan fingerprint density at radius 3 is 2.40 bits per heavy atom. The number of ketones is 1. The molecule has 0 bridgehead atoms. The third-order valence-electron chi connectivity index (χ3n) is 6.64. The first-order valence-corrected chi connectivity index (χ1v) is 13.2. The average Bonchev–Trinajstić information content (AvgIpc) is 2.86. The molecule has 6 heteroatoms. The summed E-state index contributed by atoms with van der Waals surface area (Å²) in [4.78, 5) is 28.7. The monoisotopic (exact) mass is 483 g/mol. The first-order chi connectivity index (χ1) is 16.9. The number of unbranched alkanes of at least 4 members (excludes halogenated alkanes) is 1. The number of fused-ring (bicyclic) bond motifs is 1. The molecule has 2 aromatic carbocycles. The number of nitrogens with zero attached hydrogens (tertiary/aromatic N) is 2. The fourth-order valence-electron chi connectivity index (χ4n) is 4.23. The van der Waals surface area contributed by atoms with Gasteiger partial charge in [0.05, 0.1) is 6.54 Å². The molecule has 1 amide bonds. The fraction of sp³-hybridized carbons (Fsp3) is 0.586. The van der Waals surface area contributed by atoms with Gasteiger partial charge in [0.25, 0.3) is 0 Å². The van der Waals surface area contributed by atoms with E-state index in [9.17, 15) is 9.59 Å². The molecule has 2 rings (SSSR count). The van der Waals surface area contributed by atoms with Gasteiger partial charge in [0.15, 0.2) is 5.78 Å². The molecular weight excluding hydrogens is 438 g/mol. The molecule has 2 N–H and O–H groups in total. The standard InChI is InChI=1S/C29H45N3O3/c1-5-7-10-24(6-2)22-35-18-9-17-32(16-8-15-30)29(34)21-31(4)28-14-13-26-19-25(23(3)33)11-12-27(26)20-28/h11-14,19-20,24H,5-10,15-18,21-22,30H2,1-4H3. The number of benzene rings is 2. The van der Waals surface area contributed by atoms with Crippen molar-refractivity contribution in [2.75, 3.05) is 51.3 Å². The summed E-state index contributed by atoms with van der Waals surface area (Å²) in [5, 5.41) is 2.07. The zero-order valence-electron chi connectivity index (χ0n) is 22.2. The van der Waals surface area contributed by atoms with Crippen LogP contribution in [0.5, 0.6) is 0 Å². The molecule has 1 atom stereocenters. The number of likely N-dealkylation sites (N-methyl/N-ethyl adjacent to an activating group) is 1. The van der Waals surface area contributed by atoms with Crippen molar-refractivity contribution in [3.8, 4) is 0 Å². The second-order valence-corrected chi connectivity index (χ2v) is 9.53. The largest absolute Gasteiger partial charge is 0.381 e. The van der Waals surface area contributed by atoms with Gasteiger partial charge in [-0.3, -0.25) is 9.59 Å². The molecule has 0 aliphatic heterocycles. The van der Waals surface area contributed by atoms with E-state index in [1.54, 1.807) is 6.92 Å². The van der Waals surface area contributed by atoms with Gasteiger partial charge in [-0.05, 0) is 67.6 Å². The minimum absolute atomic E-state index is 0.0586. The number of carbonyl (C=O) groups is 2. The van der Waals surface area contributed by atoms with Gasteiger partial charge >= 0.3 is 0 Å². The Morgan fingerprint density at radius 2 is 1.71 bits per heavy atom. The molecule has 6 nitrogen and oxygen atoms in total. The quantitative estimate of drug-likeness (QED) is 0.245. The van der Waals surface area contributed by atoms with Crippen LogP contribution in [-0.2, 0) is 9.53 Å². The molecule has 0 saturated carbocycles. The molecule has 0 fully saturated rings. The molecule has 1 unspecified atom stereocenters. The molecular formula is C29H45N3O3. The molecule has 0 aromatic heterocycles. The average molecular weight is 484 g/mol. The smallest absolute Gasteiger partial charge is 0.242 e. The van der Waals surface area contributed by atoms with Gasteiger partial charge in [-0.15, -0.1) is 0 Å². The van der Waals surface area contributed by atoms with Crippen LogP contribution in [0.4, 0.5) is 5.69 Å². The lowest BCUT2D eigenvalue weighted by Crippen LogP contribution is -2.41. The van der Waals surface area contributed by atoms with Gasteiger partial charge in [0.2, 0.25) is 5.91 Å². The maximum absolute atomic E-state index is 13.1. The molecule has 0 heterocycles. The lowest BCUT2D eigenvalue weighted by atomic mass is 10.0. The van der Waals surface area contributed by atoms with E-state index in [0.29, 0.717) is 44.3 Å². The van der Waals surface area contributed by atoms with E-state index in [0.717, 1.165) is 42.3 Å². The number of amides is 1. The summed E-state index contributed by atoms with van der Waals surface area (Å²) >= 11 is 0. The van der Waals surface area contributed by atoms with Crippen molar-refractivity contribution >= 4 is 28.2 Å². The number of nitrogens with two attached hydrogens (primary N) is 1. The van der Waals surface area contributed by atoms with Gasteiger partial charge < -0.3 is 20.3 Å². The Hall–Kier alpha value is -2.44. The van der Waals surface area contributed by atoms with E-state index >= 15 is 0 Å². The summed E-state index contributed by atoms with van der Waals surface area (Å²) in [5.41, 5.74) is 7.40. The van der Waals surface area contributed by atoms with Gasteiger partial charge in [-0.1, -0.05) is 51.3 Å². The number of carbonyl (C=O) groups excluding carboxylic acids is 2. The summed E-state index contributed by atoms with van der Waals surface area (Å²) < 4.78 is 5.94. The normalized spacial score (nSPS) is 12.0. The number of hydrogen-bond donors (Lipinski definition) is 1. The molecule has 194 valence electrons. The van der Waals surface area contributed by atoms with Crippen molar-refractivity contribution in [1.29, 1.82) is 0 Å². The van der Waals surface area contributed by atoms with E-state index in [-0.39, 0.29) is 11.7 Å². The first kappa shape index (κ1) is 28.8. The van der Waals surface area contributed by atoms with E-state index in [4.69, 9.17) is 10.5 Å². The van der Waals surface area contributed by atoms with Crippen LogP contribution in [0.1, 0.15) is 69.7 Å². The third kappa shape index (κ3) is 9.61. The van der Waals surface area contributed by atoms with E-state index in [1.165, 1.54) is 19.3 Å². The number of Topliss-reactive ketones (excluding diaryl/α,β-unsaturated/α-hetero) is 1. The number of ether oxygens (including phenoxy) is 1. The van der Waals surface area contributed by atoms with Crippen LogP contribution in [0.15, 0.2) is 36.4 Å². The molecule has 0 aliphatic carbocycles. The maximum Gasteiger partial charge on any atom is 0.242 e. The van der Waals surface area contributed by atoms with Crippen LogP contribution in [-0.4, -0.2) is 63.0 Å². The second kappa shape index (κ2) is 15.5. The number of hydrogen-bond acceptors (Lipinski definition) is 5. The van der Waals surface area contributed by atoms with Crippen LogP contribution >= 0.6 is 0 Å². The maximum atomic E-state index is 13.1. The minimum atomic E-state index is 0.0586. The highest BCUT2D eigenvalue weighted by Gasteiger charge is 2.16. The van der Waals surface area contributed by atoms with Crippen LogP contribution in [0, 0.1) is 5.92 Å². The van der Waals surface area contributed by atoms with Crippen molar-refractivity contribution < 1.29 is 14.3 Å². The lowest BCUT2D eigenvalue weighted by Gasteiger charge is -2.27. The van der Waals surface area contributed by atoms with E-state index in [1.807, 2.05) is 47.2 Å². The second-order valence-electron chi connectivity index (χ2n) is 9.53. The van der Waals surface area contributed by atoms with Gasteiger partial charge in [-0.2, -0.15) is 0 Å². The van der Waals surface area contributed by atoms with Crippen molar-refractivity contribution in [2.45, 2.75) is 59.3 Å². The Kier molecular flexibility index (Phi) is 12.8. The fourth-order valence-corrected chi connectivity index (χ4v) is 4.23. The topological polar surface area (TPSA) is 75.9 Å². The molecule has 0 aliphatic rings. The minimum Gasteiger partial charge on any atom is -0.381 e. The van der Waals surface area contributed by atoms with Crippen LogP contribution in [0.3, 0.4) is 0 Å². The van der Waals surface area contributed by atoms with Crippen molar-refractivity contribution in [2.24, 2.45) is 11.7 Å². The summed E-state index contributed by atoms with van der Waals surface area (Å²) in [6.07, 6.45) is 6.49. The SMILES string of the molecule is CCCCC(CC)COCCCN(CCCN)C(=O)CN(C)c1ccc2cc(C(C)=O)ccc2c1.